The van der Waals surface area contributed by atoms with Gasteiger partial charge in [0.15, 0.2) is 11.0 Å². The van der Waals surface area contributed by atoms with Crippen LogP contribution in [0.5, 0.6) is 0 Å². The quantitative estimate of drug-likeness (QED) is 0.390. The number of hydrogen-bond donors (Lipinski definition) is 1. The van der Waals surface area contributed by atoms with Gasteiger partial charge >= 0.3 is 0 Å². The van der Waals surface area contributed by atoms with Gasteiger partial charge in [-0.1, -0.05) is 72.4 Å². The first-order valence-corrected chi connectivity index (χ1v) is 12.6. The summed E-state index contributed by atoms with van der Waals surface area (Å²) in [6.45, 7) is 0.770. The van der Waals surface area contributed by atoms with Gasteiger partial charge < -0.3 is 9.88 Å². The summed E-state index contributed by atoms with van der Waals surface area (Å²) in [7, 11) is 0. The van der Waals surface area contributed by atoms with Crippen molar-refractivity contribution in [3.05, 3.63) is 88.8 Å². The van der Waals surface area contributed by atoms with Crippen LogP contribution in [0.4, 0.5) is 0 Å². The van der Waals surface area contributed by atoms with E-state index in [1.165, 1.54) is 28.5 Å². The molecule has 0 atom stereocenters. The van der Waals surface area contributed by atoms with E-state index >= 15 is 0 Å². The van der Waals surface area contributed by atoms with Crippen LogP contribution in [0.2, 0.25) is 0 Å². The first-order valence-electron chi connectivity index (χ1n) is 10.8. The zero-order chi connectivity index (χ0) is 21.8. The van der Waals surface area contributed by atoms with E-state index in [9.17, 15) is 4.79 Å². The highest BCUT2D eigenvalue weighted by molar-refractivity contribution is 7.99. The summed E-state index contributed by atoms with van der Waals surface area (Å²) in [5.41, 5.74) is 3.95. The number of nitrogens with zero attached hydrogens (tertiary/aromatic N) is 3. The van der Waals surface area contributed by atoms with E-state index in [4.69, 9.17) is 0 Å². The highest BCUT2D eigenvalue weighted by Crippen LogP contribution is 2.28. The lowest BCUT2D eigenvalue weighted by molar-refractivity contribution is -0.119. The van der Waals surface area contributed by atoms with Crippen molar-refractivity contribution in [2.75, 3.05) is 5.75 Å². The minimum Gasteiger partial charge on any atom is -0.352 e. The van der Waals surface area contributed by atoms with Crippen molar-refractivity contribution in [2.45, 2.75) is 37.0 Å². The summed E-state index contributed by atoms with van der Waals surface area (Å²) in [5, 5.41) is 14.9. The Morgan fingerprint density at radius 2 is 1.75 bits per heavy atom. The van der Waals surface area contributed by atoms with Gasteiger partial charge in [0.25, 0.3) is 0 Å². The van der Waals surface area contributed by atoms with Gasteiger partial charge in [0.2, 0.25) is 5.91 Å². The van der Waals surface area contributed by atoms with E-state index in [1.54, 1.807) is 11.3 Å². The number of benzene rings is 2. The molecule has 0 radical (unpaired) electrons. The van der Waals surface area contributed by atoms with E-state index in [2.05, 4.69) is 74.7 Å². The van der Waals surface area contributed by atoms with Gasteiger partial charge in [-0.25, -0.2) is 0 Å². The molecular formula is C25H24N4OS2. The van der Waals surface area contributed by atoms with Gasteiger partial charge in [-0.3, -0.25) is 4.79 Å². The number of carbonyl (C=O) groups is 1. The lowest BCUT2D eigenvalue weighted by Gasteiger charge is -2.12. The average molecular weight is 461 g/mol. The molecule has 0 spiro atoms. The van der Waals surface area contributed by atoms with Crippen LogP contribution in [-0.4, -0.2) is 32.5 Å². The van der Waals surface area contributed by atoms with Gasteiger partial charge in [-0.2, -0.15) is 0 Å². The van der Waals surface area contributed by atoms with Gasteiger partial charge in [0.1, 0.15) is 0 Å². The topological polar surface area (TPSA) is 59.8 Å². The number of thiophene rings is 1. The van der Waals surface area contributed by atoms with Crippen molar-refractivity contribution in [1.29, 1.82) is 0 Å². The molecule has 1 aliphatic rings. The molecule has 2 aromatic carbocycles. The van der Waals surface area contributed by atoms with E-state index in [1.807, 2.05) is 17.5 Å². The highest BCUT2D eigenvalue weighted by Gasteiger charge is 2.23. The van der Waals surface area contributed by atoms with Crippen LogP contribution >= 0.6 is 23.1 Å². The number of fused-ring (bicyclic) bond motifs is 1. The molecule has 0 bridgehead atoms. The van der Waals surface area contributed by atoms with E-state index in [-0.39, 0.29) is 11.9 Å². The van der Waals surface area contributed by atoms with Crippen LogP contribution in [0.3, 0.4) is 0 Å². The van der Waals surface area contributed by atoms with Crippen LogP contribution in [0.15, 0.2) is 77.3 Å². The number of aryl methyl sites for hydroxylation is 1. The fourth-order valence-electron chi connectivity index (χ4n) is 4.13. The number of carbonyl (C=O) groups excluding carboxylic acids is 1. The predicted octanol–water partition coefficient (Wildman–Crippen LogP) is 4.63. The number of aromatic nitrogens is 3. The summed E-state index contributed by atoms with van der Waals surface area (Å²) < 4.78 is 2.14. The second-order valence-electron chi connectivity index (χ2n) is 7.90. The van der Waals surface area contributed by atoms with E-state index < -0.39 is 0 Å². The number of rotatable bonds is 8. The van der Waals surface area contributed by atoms with Crippen LogP contribution in [0, 0.1) is 0 Å². The van der Waals surface area contributed by atoms with Crippen LogP contribution in [0.1, 0.15) is 16.7 Å². The maximum absolute atomic E-state index is 12.7. The number of thioether (sulfide) groups is 1. The minimum atomic E-state index is 0.0445. The summed E-state index contributed by atoms with van der Waals surface area (Å²) in [4.78, 5) is 13.8. The molecule has 2 aromatic heterocycles. The first kappa shape index (κ1) is 21.0. The lowest BCUT2D eigenvalue weighted by Crippen LogP contribution is -2.36. The Kier molecular flexibility index (Phi) is 6.36. The first-order chi connectivity index (χ1) is 15.8. The maximum atomic E-state index is 12.7. The van der Waals surface area contributed by atoms with Crippen LogP contribution in [0.25, 0.3) is 10.7 Å². The van der Waals surface area contributed by atoms with Crippen molar-refractivity contribution < 1.29 is 4.79 Å². The lowest BCUT2D eigenvalue weighted by atomic mass is 10.1. The molecule has 0 fully saturated rings. The number of nitrogens with one attached hydrogen (secondary N) is 1. The largest absolute Gasteiger partial charge is 0.352 e. The standard InChI is InChI=1S/C25H24N4OS2/c30-23(26-21-15-19-9-4-5-10-20(19)16-21)17-32-25-28-27-24(22-11-6-14-31-22)29(25)13-12-18-7-2-1-3-8-18/h1-11,14,21H,12-13,15-17H2,(H,26,30). The monoisotopic (exact) mass is 460 g/mol. The number of amides is 1. The molecule has 1 N–H and O–H groups in total. The summed E-state index contributed by atoms with van der Waals surface area (Å²) >= 11 is 3.11. The van der Waals surface area contributed by atoms with Crippen molar-refractivity contribution >= 4 is 29.0 Å². The molecule has 32 heavy (non-hydrogen) atoms. The smallest absolute Gasteiger partial charge is 0.230 e. The Balaban J connectivity index is 1.24. The second kappa shape index (κ2) is 9.71. The molecule has 0 saturated heterocycles. The molecule has 1 amide bonds. The SMILES string of the molecule is O=C(CSc1nnc(-c2cccs2)n1CCc1ccccc1)NC1Cc2ccccc2C1. The molecule has 4 aromatic rings. The molecule has 2 heterocycles. The fourth-order valence-corrected chi connectivity index (χ4v) is 5.62. The molecule has 162 valence electrons. The van der Waals surface area contributed by atoms with Crippen molar-refractivity contribution in [3.8, 4) is 10.7 Å². The normalized spacial score (nSPS) is 13.2. The van der Waals surface area contributed by atoms with Crippen LogP contribution < -0.4 is 5.32 Å². The fraction of sp³-hybridized carbons (Fsp3) is 0.240. The summed E-state index contributed by atoms with van der Waals surface area (Å²) in [6.07, 6.45) is 2.70. The molecule has 7 heteroatoms. The summed E-state index contributed by atoms with van der Waals surface area (Å²) in [6, 6.07) is 23.1. The van der Waals surface area contributed by atoms with Gasteiger partial charge in [0.05, 0.1) is 10.6 Å². The van der Waals surface area contributed by atoms with Crippen LogP contribution in [-0.2, 0) is 30.6 Å². The Labute approximate surface area is 195 Å². The molecule has 1 aliphatic carbocycles. The van der Waals surface area contributed by atoms with Crippen molar-refractivity contribution in [3.63, 3.8) is 0 Å². The second-order valence-corrected chi connectivity index (χ2v) is 9.79. The average Bonchev–Trinajstić information content (AvgIpc) is 3.56. The van der Waals surface area contributed by atoms with Gasteiger partial charge in [-0.15, -0.1) is 21.5 Å². The third-order valence-corrected chi connectivity index (χ3v) is 7.51. The zero-order valence-electron chi connectivity index (χ0n) is 17.6. The van der Waals surface area contributed by atoms with Crippen molar-refractivity contribution in [2.24, 2.45) is 0 Å². The van der Waals surface area contributed by atoms with Gasteiger partial charge in [0, 0.05) is 12.6 Å². The Morgan fingerprint density at radius 3 is 2.47 bits per heavy atom. The minimum absolute atomic E-state index is 0.0445. The Morgan fingerprint density at radius 1 is 1.00 bits per heavy atom. The molecule has 0 aliphatic heterocycles. The summed E-state index contributed by atoms with van der Waals surface area (Å²) in [5.74, 6) is 1.24. The predicted molar refractivity (Wildman–Crippen MR) is 130 cm³/mol. The number of hydrogen-bond acceptors (Lipinski definition) is 5. The van der Waals surface area contributed by atoms with Crippen molar-refractivity contribution in [1.82, 2.24) is 20.1 Å². The molecular weight excluding hydrogens is 436 g/mol. The van der Waals surface area contributed by atoms with E-state index in [0.29, 0.717) is 5.75 Å². The third-order valence-electron chi connectivity index (χ3n) is 5.67. The maximum Gasteiger partial charge on any atom is 0.230 e. The third kappa shape index (κ3) is 4.79. The zero-order valence-corrected chi connectivity index (χ0v) is 19.2. The molecule has 5 nitrogen and oxygen atoms in total. The van der Waals surface area contributed by atoms with E-state index in [0.717, 1.165) is 41.7 Å². The van der Waals surface area contributed by atoms with Gasteiger partial charge in [-0.05, 0) is 47.4 Å². The molecule has 0 unspecified atom stereocenters. The Bertz CT molecular complexity index is 1160. The molecule has 0 saturated carbocycles. The highest BCUT2D eigenvalue weighted by atomic mass is 32.2. The molecule has 5 rings (SSSR count). The Hall–Kier alpha value is -2.90.